The molecular weight excluding hydrogens is 274 g/mol. The van der Waals surface area contributed by atoms with Gasteiger partial charge in [0.15, 0.2) is 5.78 Å². The number of carbonyl (C=O) groups is 2. The van der Waals surface area contributed by atoms with Gasteiger partial charge in [0.05, 0.1) is 24.5 Å². The number of anilines is 1. The maximum atomic E-state index is 11.5. The second kappa shape index (κ2) is 4.25. The molecular formula is C11H10BrNO3. The summed E-state index contributed by atoms with van der Waals surface area (Å²) in [4.78, 5) is 24.1. The number of benzene rings is 1. The fourth-order valence-corrected chi connectivity index (χ4v) is 2.17. The highest BCUT2D eigenvalue weighted by Gasteiger charge is 2.28. The topological polar surface area (TPSA) is 46.6 Å². The van der Waals surface area contributed by atoms with Crippen LogP contribution in [0.25, 0.3) is 0 Å². The van der Waals surface area contributed by atoms with E-state index in [0.29, 0.717) is 11.4 Å². The zero-order chi connectivity index (χ0) is 11.7. The fourth-order valence-electron chi connectivity index (χ4n) is 1.64. The highest BCUT2D eigenvalue weighted by molar-refractivity contribution is 9.10. The highest BCUT2D eigenvalue weighted by Crippen LogP contribution is 2.30. The van der Waals surface area contributed by atoms with Crippen molar-refractivity contribution < 1.29 is 14.3 Å². The second-order valence-corrected chi connectivity index (χ2v) is 4.37. The van der Waals surface area contributed by atoms with Crippen LogP contribution in [0.3, 0.4) is 0 Å². The highest BCUT2D eigenvalue weighted by atomic mass is 79.9. The van der Waals surface area contributed by atoms with Crippen LogP contribution in [-0.4, -0.2) is 25.3 Å². The van der Waals surface area contributed by atoms with Crippen LogP contribution in [0.5, 0.6) is 5.75 Å². The molecule has 0 unspecified atom stereocenters. The van der Waals surface area contributed by atoms with Gasteiger partial charge in [-0.15, -0.1) is 0 Å². The fraction of sp³-hybridized carbons (Fsp3) is 0.273. The van der Waals surface area contributed by atoms with Crippen molar-refractivity contribution in [1.29, 1.82) is 0 Å². The van der Waals surface area contributed by atoms with E-state index in [0.717, 1.165) is 4.47 Å². The summed E-state index contributed by atoms with van der Waals surface area (Å²) in [7, 11) is 1.57. The Morgan fingerprint density at radius 2 is 2.12 bits per heavy atom. The van der Waals surface area contributed by atoms with Crippen LogP contribution in [0, 0.1) is 0 Å². The van der Waals surface area contributed by atoms with E-state index >= 15 is 0 Å². The Hall–Kier alpha value is -1.36. The van der Waals surface area contributed by atoms with E-state index in [1.54, 1.807) is 25.3 Å². The minimum atomic E-state index is -0.151. The zero-order valence-electron chi connectivity index (χ0n) is 8.70. The molecule has 0 bridgehead atoms. The van der Waals surface area contributed by atoms with Gasteiger partial charge in [-0.3, -0.25) is 9.59 Å². The predicted octanol–water partition coefficient (Wildman–Crippen LogP) is 1.76. The number of halogens is 1. The standard InChI is InChI=1S/C11H10BrNO3/c1-16-10-3-2-7(4-9(10)12)13-6-8(14)5-11(13)15/h2-4H,5-6H2,1H3. The molecule has 1 heterocycles. The third kappa shape index (κ3) is 1.95. The lowest BCUT2D eigenvalue weighted by molar-refractivity contribution is -0.121. The van der Waals surface area contributed by atoms with Gasteiger partial charge < -0.3 is 9.64 Å². The van der Waals surface area contributed by atoms with Crippen molar-refractivity contribution in [1.82, 2.24) is 0 Å². The molecule has 5 heteroatoms. The summed E-state index contributed by atoms with van der Waals surface area (Å²) < 4.78 is 5.86. The Morgan fingerprint density at radius 1 is 1.38 bits per heavy atom. The number of rotatable bonds is 2. The van der Waals surface area contributed by atoms with Gasteiger partial charge in [-0.05, 0) is 34.1 Å². The third-order valence-electron chi connectivity index (χ3n) is 2.43. The summed E-state index contributed by atoms with van der Waals surface area (Å²) in [6.45, 7) is 0.164. The van der Waals surface area contributed by atoms with Crippen molar-refractivity contribution in [3.05, 3.63) is 22.7 Å². The quantitative estimate of drug-likeness (QED) is 0.777. The summed E-state index contributed by atoms with van der Waals surface area (Å²) in [5.74, 6) is 0.501. The molecule has 1 aromatic rings. The number of hydrogen-bond donors (Lipinski definition) is 0. The van der Waals surface area contributed by atoms with E-state index in [1.165, 1.54) is 4.90 Å². The number of ether oxygens (including phenoxy) is 1. The van der Waals surface area contributed by atoms with E-state index in [1.807, 2.05) is 0 Å². The van der Waals surface area contributed by atoms with Gasteiger partial charge in [-0.2, -0.15) is 0 Å². The lowest BCUT2D eigenvalue weighted by atomic mass is 10.3. The van der Waals surface area contributed by atoms with Crippen LogP contribution >= 0.6 is 15.9 Å². The van der Waals surface area contributed by atoms with Gasteiger partial charge in [0.25, 0.3) is 0 Å². The minimum absolute atomic E-state index is 0.00362. The van der Waals surface area contributed by atoms with Crippen molar-refractivity contribution in [2.45, 2.75) is 6.42 Å². The minimum Gasteiger partial charge on any atom is -0.496 e. The summed E-state index contributed by atoms with van der Waals surface area (Å²) in [5, 5.41) is 0. The molecule has 2 rings (SSSR count). The lowest BCUT2D eigenvalue weighted by Gasteiger charge is -2.15. The summed E-state index contributed by atoms with van der Waals surface area (Å²) in [6.07, 6.45) is 0.00362. The third-order valence-corrected chi connectivity index (χ3v) is 3.05. The van der Waals surface area contributed by atoms with Gasteiger partial charge in [-0.1, -0.05) is 0 Å². The van der Waals surface area contributed by atoms with Crippen LogP contribution in [0.4, 0.5) is 5.69 Å². The van der Waals surface area contributed by atoms with E-state index in [9.17, 15) is 9.59 Å². The Balaban J connectivity index is 2.31. The molecule has 0 saturated carbocycles. The molecule has 0 atom stereocenters. The predicted molar refractivity (Wildman–Crippen MR) is 62.7 cm³/mol. The van der Waals surface area contributed by atoms with Crippen molar-refractivity contribution in [3.8, 4) is 5.75 Å². The van der Waals surface area contributed by atoms with E-state index in [4.69, 9.17) is 4.74 Å². The first-order valence-corrected chi connectivity index (χ1v) is 5.56. The Morgan fingerprint density at radius 3 is 2.62 bits per heavy atom. The Kier molecular flexibility index (Phi) is 2.96. The second-order valence-electron chi connectivity index (χ2n) is 3.51. The van der Waals surface area contributed by atoms with Crippen molar-refractivity contribution in [2.75, 3.05) is 18.6 Å². The summed E-state index contributed by atoms with van der Waals surface area (Å²) in [6, 6.07) is 5.30. The van der Waals surface area contributed by atoms with Crippen LogP contribution < -0.4 is 9.64 Å². The number of amides is 1. The number of carbonyl (C=O) groups excluding carboxylic acids is 2. The first-order chi connectivity index (χ1) is 7.61. The van der Waals surface area contributed by atoms with Crippen LogP contribution in [0.15, 0.2) is 22.7 Å². The molecule has 4 nitrogen and oxygen atoms in total. The first-order valence-electron chi connectivity index (χ1n) is 4.77. The molecule has 1 saturated heterocycles. The summed E-state index contributed by atoms with van der Waals surface area (Å²) in [5.41, 5.74) is 0.712. The van der Waals surface area contributed by atoms with E-state index < -0.39 is 0 Å². The van der Waals surface area contributed by atoms with Crippen molar-refractivity contribution in [2.24, 2.45) is 0 Å². The molecule has 1 amide bonds. The lowest BCUT2D eigenvalue weighted by Crippen LogP contribution is -2.24. The van der Waals surface area contributed by atoms with Gasteiger partial charge in [0.1, 0.15) is 5.75 Å². The SMILES string of the molecule is COc1ccc(N2CC(=O)CC2=O)cc1Br. The summed E-state index contributed by atoms with van der Waals surface area (Å²) >= 11 is 3.34. The van der Waals surface area contributed by atoms with Gasteiger partial charge >= 0.3 is 0 Å². The van der Waals surface area contributed by atoms with Crippen molar-refractivity contribution in [3.63, 3.8) is 0 Å². The molecule has 84 valence electrons. The molecule has 0 aliphatic carbocycles. The van der Waals surface area contributed by atoms with Crippen LogP contribution in [0.2, 0.25) is 0 Å². The molecule has 1 fully saturated rings. The molecule has 0 radical (unpaired) electrons. The maximum absolute atomic E-state index is 11.5. The maximum Gasteiger partial charge on any atom is 0.234 e. The molecule has 0 spiro atoms. The van der Waals surface area contributed by atoms with E-state index in [-0.39, 0.29) is 24.7 Å². The molecule has 16 heavy (non-hydrogen) atoms. The van der Waals surface area contributed by atoms with E-state index in [2.05, 4.69) is 15.9 Å². The monoisotopic (exact) mass is 283 g/mol. The number of ketones is 1. The molecule has 0 N–H and O–H groups in total. The molecule has 0 aromatic heterocycles. The largest absolute Gasteiger partial charge is 0.496 e. The normalized spacial score (nSPS) is 15.8. The number of nitrogens with zero attached hydrogens (tertiary/aromatic N) is 1. The molecule has 1 aromatic carbocycles. The van der Waals surface area contributed by atoms with Crippen molar-refractivity contribution >= 4 is 33.3 Å². The molecule has 1 aliphatic rings. The number of methoxy groups -OCH3 is 1. The number of Topliss-reactive ketones (excluding diaryl/α,β-unsaturated/α-hetero) is 1. The average molecular weight is 284 g/mol. The van der Waals surface area contributed by atoms with Crippen LogP contribution in [0.1, 0.15) is 6.42 Å². The number of hydrogen-bond acceptors (Lipinski definition) is 3. The first kappa shape index (κ1) is 11.1. The van der Waals surface area contributed by atoms with Gasteiger partial charge in [0, 0.05) is 5.69 Å². The van der Waals surface area contributed by atoms with Crippen LogP contribution in [-0.2, 0) is 9.59 Å². The smallest absolute Gasteiger partial charge is 0.234 e. The average Bonchev–Trinajstić information content (AvgIpc) is 2.58. The zero-order valence-corrected chi connectivity index (χ0v) is 10.3. The molecule has 1 aliphatic heterocycles. The van der Waals surface area contributed by atoms with Gasteiger partial charge in [0.2, 0.25) is 5.91 Å². The Labute approximate surface area is 101 Å². The van der Waals surface area contributed by atoms with Gasteiger partial charge in [-0.25, -0.2) is 0 Å². The Bertz CT molecular complexity index is 459.